The number of benzene rings is 2. The molecule has 0 bridgehead atoms. The maximum atomic E-state index is 11.7. The summed E-state index contributed by atoms with van der Waals surface area (Å²) in [5.74, 6) is 0.0354. The van der Waals surface area contributed by atoms with E-state index in [2.05, 4.69) is 12.2 Å². The van der Waals surface area contributed by atoms with Crippen LogP contribution in [0.25, 0.3) is 0 Å². The van der Waals surface area contributed by atoms with Gasteiger partial charge in [0.1, 0.15) is 6.10 Å². The first-order valence-electron chi connectivity index (χ1n) is 7.33. The van der Waals surface area contributed by atoms with Crippen LogP contribution in [0.1, 0.15) is 43.4 Å². The molecule has 3 nitrogen and oxygen atoms in total. The van der Waals surface area contributed by atoms with Crippen molar-refractivity contribution in [1.29, 1.82) is 0 Å². The number of carbonyl (C=O) groups is 1. The maximum absolute atomic E-state index is 11.7. The molecule has 110 valence electrons. The Kier molecular flexibility index (Phi) is 5.52. The summed E-state index contributed by atoms with van der Waals surface area (Å²) in [6.45, 7) is 2.06. The van der Waals surface area contributed by atoms with Crippen LogP contribution in [0.15, 0.2) is 54.6 Å². The second-order valence-corrected chi connectivity index (χ2v) is 5.09. The third-order valence-corrected chi connectivity index (χ3v) is 3.38. The summed E-state index contributed by atoms with van der Waals surface area (Å²) in [5.41, 5.74) is 2.44. The molecule has 0 aliphatic rings. The Morgan fingerprint density at radius 3 is 2.29 bits per heavy atom. The SMILES string of the molecule is CCCCC(=O)Nc1ccc(C(O)c2ccccc2)cc1. The van der Waals surface area contributed by atoms with Crippen LogP contribution < -0.4 is 5.32 Å². The highest BCUT2D eigenvalue weighted by Gasteiger charge is 2.10. The smallest absolute Gasteiger partial charge is 0.224 e. The number of hydrogen-bond acceptors (Lipinski definition) is 2. The van der Waals surface area contributed by atoms with Crippen LogP contribution in [0, 0.1) is 0 Å². The summed E-state index contributed by atoms with van der Waals surface area (Å²) < 4.78 is 0. The van der Waals surface area contributed by atoms with E-state index in [0.29, 0.717) is 6.42 Å². The highest BCUT2D eigenvalue weighted by molar-refractivity contribution is 5.90. The number of hydrogen-bond donors (Lipinski definition) is 2. The van der Waals surface area contributed by atoms with Crippen molar-refractivity contribution < 1.29 is 9.90 Å². The first-order valence-corrected chi connectivity index (χ1v) is 7.33. The predicted molar refractivity (Wildman–Crippen MR) is 85.1 cm³/mol. The molecule has 2 N–H and O–H groups in total. The highest BCUT2D eigenvalue weighted by Crippen LogP contribution is 2.23. The lowest BCUT2D eigenvalue weighted by atomic mass is 10.0. The highest BCUT2D eigenvalue weighted by atomic mass is 16.3. The van der Waals surface area contributed by atoms with Crippen LogP contribution in [-0.4, -0.2) is 11.0 Å². The zero-order valence-electron chi connectivity index (χ0n) is 12.3. The van der Waals surface area contributed by atoms with E-state index in [0.717, 1.165) is 29.7 Å². The topological polar surface area (TPSA) is 49.3 Å². The van der Waals surface area contributed by atoms with Gasteiger partial charge in [0.15, 0.2) is 0 Å². The Morgan fingerprint density at radius 1 is 1.05 bits per heavy atom. The van der Waals surface area contributed by atoms with Crippen molar-refractivity contribution in [3.8, 4) is 0 Å². The van der Waals surface area contributed by atoms with Gasteiger partial charge in [-0.1, -0.05) is 55.8 Å². The normalized spacial score (nSPS) is 11.9. The monoisotopic (exact) mass is 283 g/mol. The first-order chi connectivity index (χ1) is 10.2. The minimum Gasteiger partial charge on any atom is -0.384 e. The molecule has 2 aromatic rings. The predicted octanol–water partition coefficient (Wildman–Crippen LogP) is 3.90. The van der Waals surface area contributed by atoms with Crippen LogP contribution in [0.2, 0.25) is 0 Å². The number of rotatable bonds is 6. The minimum atomic E-state index is -0.643. The maximum Gasteiger partial charge on any atom is 0.224 e. The van der Waals surface area contributed by atoms with Crippen molar-refractivity contribution in [3.05, 3.63) is 65.7 Å². The van der Waals surface area contributed by atoms with Crippen LogP contribution in [0.5, 0.6) is 0 Å². The Morgan fingerprint density at radius 2 is 1.67 bits per heavy atom. The molecule has 2 rings (SSSR count). The molecule has 1 amide bonds. The number of unbranched alkanes of at least 4 members (excludes halogenated alkanes) is 1. The van der Waals surface area contributed by atoms with Crippen molar-refractivity contribution in [2.24, 2.45) is 0 Å². The van der Waals surface area contributed by atoms with Crippen molar-refractivity contribution >= 4 is 11.6 Å². The molecule has 0 saturated heterocycles. The van der Waals surface area contributed by atoms with Crippen LogP contribution in [0.3, 0.4) is 0 Å². The summed E-state index contributed by atoms with van der Waals surface area (Å²) in [7, 11) is 0. The Bertz CT molecular complexity index is 564. The number of anilines is 1. The van der Waals surface area contributed by atoms with Crippen LogP contribution in [0.4, 0.5) is 5.69 Å². The van der Waals surface area contributed by atoms with Gasteiger partial charge in [-0.3, -0.25) is 4.79 Å². The molecule has 1 atom stereocenters. The van der Waals surface area contributed by atoms with E-state index in [1.165, 1.54) is 0 Å². The largest absolute Gasteiger partial charge is 0.384 e. The number of carbonyl (C=O) groups excluding carboxylic acids is 1. The molecule has 1 unspecified atom stereocenters. The van der Waals surface area contributed by atoms with Gasteiger partial charge < -0.3 is 10.4 Å². The second kappa shape index (κ2) is 7.60. The summed E-state index contributed by atoms with van der Waals surface area (Å²) in [6, 6.07) is 16.8. The standard InChI is InChI=1S/C18H21NO2/c1-2-3-9-17(20)19-16-12-10-15(11-13-16)18(21)14-7-5-4-6-8-14/h4-8,10-13,18,21H,2-3,9H2,1H3,(H,19,20). The van der Waals surface area contributed by atoms with Crippen LogP contribution >= 0.6 is 0 Å². The number of amides is 1. The average molecular weight is 283 g/mol. The third kappa shape index (κ3) is 4.43. The molecule has 0 heterocycles. The Hall–Kier alpha value is -2.13. The molecule has 0 aliphatic carbocycles. The lowest BCUT2D eigenvalue weighted by molar-refractivity contribution is -0.116. The summed E-state index contributed by atoms with van der Waals surface area (Å²) in [4.78, 5) is 11.7. The first kappa shape index (κ1) is 15.3. The molecule has 21 heavy (non-hydrogen) atoms. The van der Waals surface area contributed by atoms with Gasteiger partial charge in [-0.25, -0.2) is 0 Å². The fourth-order valence-electron chi connectivity index (χ4n) is 2.14. The average Bonchev–Trinajstić information content (AvgIpc) is 2.54. The molecule has 0 aromatic heterocycles. The van der Waals surface area contributed by atoms with E-state index < -0.39 is 6.10 Å². The lowest BCUT2D eigenvalue weighted by Crippen LogP contribution is -2.11. The lowest BCUT2D eigenvalue weighted by Gasteiger charge is -2.12. The van der Waals surface area contributed by atoms with Crippen molar-refractivity contribution in [1.82, 2.24) is 0 Å². The summed E-state index contributed by atoms with van der Waals surface area (Å²) in [5, 5.41) is 13.2. The van der Waals surface area contributed by atoms with Crippen LogP contribution in [-0.2, 0) is 4.79 Å². The molecular weight excluding hydrogens is 262 g/mol. The fraction of sp³-hybridized carbons (Fsp3) is 0.278. The Labute approximate surface area is 125 Å². The van der Waals surface area contributed by atoms with E-state index in [1.807, 2.05) is 54.6 Å². The fourth-order valence-corrected chi connectivity index (χ4v) is 2.14. The molecule has 0 fully saturated rings. The molecule has 0 spiro atoms. The van der Waals surface area contributed by atoms with Crippen molar-refractivity contribution in [3.63, 3.8) is 0 Å². The van der Waals surface area contributed by atoms with Gasteiger partial charge >= 0.3 is 0 Å². The second-order valence-electron chi connectivity index (χ2n) is 5.09. The van der Waals surface area contributed by atoms with Gasteiger partial charge in [-0.15, -0.1) is 0 Å². The quantitative estimate of drug-likeness (QED) is 0.844. The third-order valence-electron chi connectivity index (χ3n) is 3.38. The van der Waals surface area contributed by atoms with Gasteiger partial charge in [0.05, 0.1) is 0 Å². The van der Waals surface area contributed by atoms with Gasteiger partial charge in [-0.2, -0.15) is 0 Å². The van der Waals surface area contributed by atoms with E-state index in [4.69, 9.17) is 0 Å². The number of nitrogens with one attached hydrogen (secondary N) is 1. The van der Waals surface area contributed by atoms with Crippen molar-refractivity contribution in [2.45, 2.75) is 32.3 Å². The van der Waals surface area contributed by atoms with Gasteiger partial charge in [-0.05, 0) is 29.7 Å². The van der Waals surface area contributed by atoms with E-state index in [9.17, 15) is 9.90 Å². The zero-order valence-corrected chi connectivity index (χ0v) is 12.3. The molecule has 0 aliphatic heterocycles. The molecule has 0 radical (unpaired) electrons. The molecule has 0 saturated carbocycles. The molecular formula is C18H21NO2. The van der Waals surface area contributed by atoms with Gasteiger partial charge in [0, 0.05) is 12.1 Å². The summed E-state index contributed by atoms with van der Waals surface area (Å²) >= 11 is 0. The Balaban J connectivity index is 2.00. The van der Waals surface area contributed by atoms with E-state index in [-0.39, 0.29) is 5.91 Å². The number of aliphatic hydroxyl groups excluding tert-OH is 1. The van der Waals surface area contributed by atoms with E-state index >= 15 is 0 Å². The minimum absolute atomic E-state index is 0.0354. The number of aliphatic hydroxyl groups is 1. The zero-order chi connectivity index (χ0) is 15.1. The van der Waals surface area contributed by atoms with Gasteiger partial charge in [0.25, 0.3) is 0 Å². The molecule has 2 aromatic carbocycles. The van der Waals surface area contributed by atoms with E-state index in [1.54, 1.807) is 0 Å². The van der Waals surface area contributed by atoms with Crippen molar-refractivity contribution in [2.75, 3.05) is 5.32 Å². The molecule has 3 heteroatoms. The summed E-state index contributed by atoms with van der Waals surface area (Å²) in [6.07, 6.45) is 1.81. The van der Waals surface area contributed by atoms with Gasteiger partial charge in [0.2, 0.25) is 5.91 Å².